The number of amides is 1. The third-order valence-electron chi connectivity index (χ3n) is 5.43. The number of hydrogen-bond donors (Lipinski definition) is 1. The SMILES string of the molecule is COC(=O)c1ccc(CNC(=O)CN2CC3CC(C2)c2cccc(=O)n2C3)o1. The van der Waals surface area contributed by atoms with Gasteiger partial charge in [0.1, 0.15) is 5.76 Å². The molecule has 0 aromatic carbocycles. The minimum Gasteiger partial charge on any atom is -0.463 e. The van der Waals surface area contributed by atoms with E-state index < -0.39 is 5.97 Å². The second kappa shape index (κ2) is 7.63. The van der Waals surface area contributed by atoms with E-state index in [0.717, 1.165) is 25.2 Å². The molecule has 0 saturated carbocycles. The topological polar surface area (TPSA) is 93.8 Å². The molecule has 2 atom stereocenters. The van der Waals surface area contributed by atoms with Crippen molar-refractivity contribution in [2.24, 2.45) is 5.92 Å². The number of piperidine rings is 1. The Bertz CT molecular complexity index is 947. The van der Waals surface area contributed by atoms with Crippen molar-refractivity contribution in [2.75, 3.05) is 26.7 Å². The summed E-state index contributed by atoms with van der Waals surface area (Å²) in [7, 11) is 1.29. The van der Waals surface area contributed by atoms with Gasteiger partial charge in [-0.2, -0.15) is 0 Å². The zero-order valence-corrected chi connectivity index (χ0v) is 15.7. The molecule has 1 saturated heterocycles. The molecule has 8 heteroatoms. The van der Waals surface area contributed by atoms with Crippen molar-refractivity contribution in [1.82, 2.24) is 14.8 Å². The number of ether oxygens (including phenoxy) is 1. The number of furan rings is 1. The van der Waals surface area contributed by atoms with Crippen LogP contribution in [-0.2, 0) is 22.6 Å². The highest BCUT2D eigenvalue weighted by Gasteiger charge is 2.34. The number of carbonyl (C=O) groups excluding carboxylic acids is 2. The van der Waals surface area contributed by atoms with E-state index in [-0.39, 0.29) is 29.7 Å². The smallest absolute Gasteiger partial charge is 0.373 e. The fraction of sp³-hybridized carbons (Fsp3) is 0.450. The minimum atomic E-state index is -0.545. The molecule has 28 heavy (non-hydrogen) atoms. The summed E-state index contributed by atoms with van der Waals surface area (Å²) in [6.07, 6.45) is 1.06. The first-order chi connectivity index (χ1) is 13.5. The predicted octanol–water partition coefficient (Wildman–Crippen LogP) is 0.963. The summed E-state index contributed by atoms with van der Waals surface area (Å²) >= 11 is 0. The maximum absolute atomic E-state index is 12.4. The maximum atomic E-state index is 12.4. The molecule has 0 spiro atoms. The van der Waals surface area contributed by atoms with Crippen molar-refractivity contribution in [3.63, 3.8) is 0 Å². The van der Waals surface area contributed by atoms with Crippen LogP contribution in [0.1, 0.15) is 34.3 Å². The van der Waals surface area contributed by atoms with Crippen LogP contribution in [0.25, 0.3) is 0 Å². The van der Waals surface area contributed by atoms with Crippen LogP contribution in [0.5, 0.6) is 0 Å². The molecule has 148 valence electrons. The molecule has 2 bridgehead atoms. The van der Waals surface area contributed by atoms with Crippen LogP contribution in [0.4, 0.5) is 0 Å². The van der Waals surface area contributed by atoms with Crippen molar-refractivity contribution in [3.05, 3.63) is 57.9 Å². The molecule has 2 aliphatic heterocycles. The van der Waals surface area contributed by atoms with E-state index in [1.165, 1.54) is 13.2 Å². The Hall–Kier alpha value is -2.87. The summed E-state index contributed by atoms with van der Waals surface area (Å²) in [5, 5.41) is 2.83. The number of pyridine rings is 1. The molecule has 2 aliphatic rings. The van der Waals surface area contributed by atoms with Gasteiger partial charge >= 0.3 is 5.97 Å². The Balaban J connectivity index is 1.33. The van der Waals surface area contributed by atoms with Crippen molar-refractivity contribution in [2.45, 2.75) is 25.4 Å². The second-order valence-electron chi connectivity index (χ2n) is 7.43. The largest absolute Gasteiger partial charge is 0.463 e. The Kier molecular flexibility index (Phi) is 5.04. The highest BCUT2D eigenvalue weighted by Crippen LogP contribution is 2.34. The molecule has 1 N–H and O–H groups in total. The lowest BCUT2D eigenvalue weighted by atomic mass is 9.83. The van der Waals surface area contributed by atoms with Gasteiger partial charge in [-0.1, -0.05) is 6.07 Å². The summed E-state index contributed by atoms with van der Waals surface area (Å²) in [5.74, 6) is 0.633. The van der Waals surface area contributed by atoms with Gasteiger partial charge in [0, 0.05) is 37.3 Å². The minimum absolute atomic E-state index is 0.0585. The van der Waals surface area contributed by atoms with E-state index in [2.05, 4.69) is 15.0 Å². The fourth-order valence-electron chi connectivity index (χ4n) is 4.25. The van der Waals surface area contributed by atoms with Gasteiger partial charge in [0.15, 0.2) is 0 Å². The quantitative estimate of drug-likeness (QED) is 0.771. The standard InChI is InChI=1S/C20H23N3O5/c1-27-20(26)17-6-5-15(28-17)8-21-18(24)12-22-9-13-7-14(11-22)16-3-2-4-19(25)23(16)10-13/h2-6,13-14H,7-12H2,1H3,(H,21,24). The van der Waals surface area contributed by atoms with Gasteiger partial charge in [0.05, 0.1) is 20.2 Å². The molecule has 4 rings (SSSR count). The van der Waals surface area contributed by atoms with E-state index in [4.69, 9.17) is 4.42 Å². The number of hydrogen-bond acceptors (Lipinski definition) is 6. The number of rotatable bonds is 5. The Morgan fingerprint density at radius 1 is 1.21 bits per heavy atom. The number of methoxy groups -OCH3 is 1. The monoisotopic (exact) mass is 385 g/mol. The highest BCUT2D eigenvalue weighted by atomic mass is 16.5. The van der Waals surface area contributed by atoms with Gasteiger partial charge in [-0.05, 0) is 30.5 Å². The third-order valence-corrected chi connectivity index (χ3v) is 5.43. The molecule has 2 aromatic rings. The Morgan fingerprint density at radius 2 is 2.07 bits per heavy atom. The first kappa shape index (κ1) is 18.5. The Labute approximate surface area is 162 Å². The zero-order valence-electron chi connectivity index (χ0n) is 15.7. The Morgan fingerprint density at radius 3 is 2.89 bits per heavy atom. The lowest BCUT2D eigenvalue weighted by Gasteiger charge is -2.42. The van der Waals surface area contributed by atoms with Gasteiger partial charge in [-0.3, -0.25) is 14.5 Å². The van der Waals surface area contributed by atoms with Crippen molar-refractivity contribution in [1.29, 1.82) is 0 Å². The normalized spacial score (nSPS) is 21.0. The fourth-order valence-corrected chi connectivity index (χ4v) is 4.25. The number of carbonyl (C=O) groups is 2. The number of esters is 1. The number of fused-ring (bicyclic) bond motifs is 4. The lowest BCUT2D eigenvalue weighted by molar-refractivity contribution is -0.123. The second-order valence-corrected chi connectivity index (χ2v) is 7.43. The molecule has 2 unspecified atom stereocenters. The van der Waals surface area contributed by atoms with E-state index >= 15 is 0 Å². The van der Waals surface area contributed by atoms with Crippen molar-refractivity contribution >= 4 is 11.9 Å². The van der Waals surface area contributed by atoms with Gasteiger partial charge in [-0.25, -0.2) is 4.79 Å². The lowest BCUT2D eigenvalue weighted by Crippen LogP contribution is -2.49. The van der Waals surface area contributed by atoms with Gasteiger partial charge < -0.3 is 19.0 Å². The van der Waals surface area contributed by atoms with E-state index in [9.17, 15) is 14.4 Å². The molecular weight excluding hydrogens is 362 g/mol. The van der Waals surface area contributed by atoms with Crippen LogP contribution in [-0.4, -0.2) is 48.1 Å². The molecule has 8 nitrogen and oxygen atoms in total. The first-order valence-corrected chi connectivity index (χ1v) is 9.39. The molecular formula is C20H23N3O5. The average Bonchev–Trinajstić information content (AvgIpc) is 3.16. The van der Waals surface area contributed by atoms with E-state index in [0.29, 0.717) is 24.8 Å². The third kappa shape index (κ3) is 3.73. The highest BCUT2D eigenvalue weighted by molar-refractivity contribution is 5.86. The van der Waals surface area contributed by atoms with Gasteiger partial charge in [-0.15, -0.1) is 0 Å². The van der Waals surface area contributed by atoms with E-state index in [1.54, 1.807) is 12.1 Å². The number of nitrogens with zero attached hydrogens (tertiary/aromatic N) is 2. The number of likely N-dealkylation sites (tertiary alicyclic amines) is 1. The zero-order chi connectivity index (χ0) is 19.7. The number of aromatic nitrogens is 1. The summed E-state index contributed by atoms with van der Waals surface area (Å²) in [5.41, 5.74) is 1.13. The molecule has 1 fully saturated rings. The van der Waals surface area contributed by atoms with Crippen LogP contribution in [0.15, 0.2) is 39.5 Å². The summed E-state index contributed by atoms with van der Waals surface area (Å²) in [6.45, 7) is 2.80. The van der Waals surface area contributed by atoms with Crippen LogP contribution in [0.3, 0.4) is 0 Å². The van der Waals surface area contributed by atoms with Crippen LogP contribution >= 0.6 is 0 Å². The number of nitrogens with one attached hydrogen (secondary N) is 1. The van der Waals surface area contributed by atoms with Crippen LogP contribution < -0.4 is 10.9 Å². The molecule has 0 aliphatic carbocycles. The van der Waals surface area contributed by atoms with E-state index in [1.807, 2.05) is 16.7 Å². The van der Waals surface area contributed by atoms with Gasteiger partial charge in [0.2, 0.25) is 11.7 Å². The summed E-state index contributed by atoms with van der Waals surface area (Å²) < 4.78 is 11.8. The van der Waals surface area contributed by atoms with Crippen LogP contribution in [0.2, 0.25) is 0 Å². The summed E-state index contributed by atoms with van der Waals surface area (Å²) in [4.78, 5) is 38.0. The van der Waals surface area contributed by atoms with Gasteiger partial charge in [0.25, 0.3) is 5.56 Å². The van der Waals surface area contributed by atoms with Crippen molar-refractivity contribution < 1.29 is 18.7 Å². The molecule has 2 aromatic heterocycles. The first-order valence-electron chi connectivity index (χ1n) is 9.39. The molecule has 0 radical (unpaired) electrons. The maximum Gasteiger partial charge on any atom is 0.373 e. The molecule has 4 heterocycles. The predicted molar refractivity (Wildman–Crippen MR) is 99.9 cm³/mol. The average molecular weight is 385 g/mol. The summed E-state index contributed by atoms with van der Waals surface area (Å²) in [6, 6.07) is 8.61. The van der Waals surface area contributed by atoms with Crippen LogP contribution in [0, 0.1) is 5.92 Å². The van der Waals surface area contributed by atoms with Crippen molar-refractivity contribution in [3.8, 4) is 0 Å². The molecule has 1 amide bonds.